The van der Waals surface area contributed by atoms with Crippen LogP contribution in [0.3, 0.4) is 0 Å². The number of amides is 1. The third-order valence-corrected chi connectivity index (χ3v) is 4.41. The number of nitrogens with zero attached hydrogens (tertiary/aromatic N) is 3. The zero-order valence-electron chi connectivity index (χ0n) is 12.8. The van der Waals surface area contributed by atoms with Crippen LogP contribution in [0, 0.1) is 6.92 Å². The number of aryl methyl sites for hydroxylation is 2. The van der Waals surface area contributed by atoms with Gasteiger partial charge in [-0.3, -0.25) is 9.48 Å². The summed E-state index contributed by atoms with van der Waals surface area (Å²) in [6.07, 6.45) is 2.78. The minimum Gasteiger partial charge on any atom is -0.330 e. The van der Waals surface area contributed by atoms with Crippen LogP contribution in [0.5, 0.6) is 0 Å². The second-order valence-corrected chi connectivity index (χ2v) is 5.62. The third kappa shape index (κ3) is 2.35. The van der Waals surface area contributed by atoms with Gasteiger partial charge in [-0.15, -0.1) is 0 Å². The van der Waals surface area contributed by atoms with Crippen LogP contribution < -0.4 is 0 Å². The van der Waals surface area contributed by atoms with Crippen molar-refractivity contribution in [2.24, 2.45) is 0 Å². The van der Waals surface area contributed by atoms with Gasteiger partial charge in [-0.05, 0) is 49.9 Å². The molecule has 2 aromatic rings. The Morgan fingerprint density at radius 1 is 1.38 bits per heavy atom. The molecule has 4 nitrogen and oxygen atoms in total. The third-order valence-electron chi connectivity index (χ3n) is 4.41. The Hall–Kier alpha value is -2.10. The summed E-state index contributed by atoms with van der Waals surface area (Å²) in [5, 5.41) is 4.34. The van der Waals surface area contributed by atoms with E-state index >= 15 is 0 Å². The molecule has 1 atom stereocenters. The summed E-state index contributed by atoms with van der Waals surface area (Å²) in [5.74, 6) is 0.0295. The Morgan fingerprint density at radius 2 is 2.19 bits per heavy atom. The van der Waals surface area contributed by atoms with Crippen LogP contribution in [0.2, 0.25) is 0 Å². The number of hydrogen-bond donors (Lipinski definition) is 0. The molecule has 1 aromatic heterocycles. The van der Waals surface area contributed by atoms with Crippen molar-refractivity contribution >= 4 is 5.91 Å². The van der Waals surface area contributed by atoms with E-state index < -0.39 is 0 Å². The van der Waals surface area contributed by atoms with Gasteiger partial charge in [0, 0.05) is 19.3 Å². The number of benzene rings is 1. The second kappa shape index (κ2) is 5.35. The van der Waals surface area contributed by atoms with Crippen LogP contribution in [-0.4, -0.2) is 27.1 Å². The van der Waals surface area contributed by atoms with Crippen LogP contribution in [-0.2, 0) is 13.0 Å². The van der Waals surface area contributed by atoms with Crippen molar-refractivity contribution in [2.45, 2.75) is 39.8 Å². The zero-order valence-corrected chi connectivity index (χ0v) is 12.8. The maximum Gasteiger partial charge on any atom is 0.274 e. The Labute approximate surface area is 125 Å². The first-order valence-electron chi connectivity index (χ1n) is 7.54. The number of hydrogen-bond acceptors (Lipinski definition) is 2. The van der Waals surface area contributed by atoms with Crippen LogP contribution in [0.4, 0.5) is 0 Å². The SMILES string of the molecule is CCn1ccc(C(=O)N2CCc3c(C)cccc3[C@H]2C)n1. The van der Waals surface area contributed by atoms with Crippen LogP contribution >= 0.6 is 0 Å². The van der Waals surface area contributed by atoms with E-state index in [2.05, 4.69) is 37.1 Å². The summed E-state index contributed by atoms with van der Waals surface area (Å²) >= 11 is 0. The predicted octanol–water partition coefficient (Wildman–Crippen LogP) is 2.97. The molecule has 0 bridgehead atoms. The van der Waals surface area contributed by atoms with E-state index in [0.29, 0.717) is 5.69 Å². The maximum atomic E-state index is 12.7. The molecule has 0 radical (unpaired) electrons. The Bertz CT molecular complexity index is 674. The fourth-order valence-corrected chi connectivity index (χ4v) is 3.13. The largest absolute Gasteiger partial charge is 0.330 e. The molecular formula is C17H21N3O. The fourth-order valence-electron chi connectivity index (χ4n) is 3.13. The molecule has 0 saturated carbocycles. The van der Waals surface area contributed by atoms with Crippen LogP contribution in [0.25, 0.3) is 0 Å². The Kier molecular flexibility index (Phi) is 3.53. The van der Waals surface area contributed by atoms with Gasteiger partial charge in [0.15, 0.2) is 0 Å². The topological polar surface area (TPSA) is 38.1 Å². The minimum atomic E-state index is 0.0295. The van der Waals surface area contributed by atoms with E-state index in [1.807, 2.05) is 24.1 Å². The van der Waals surface area contributed by atoms with E-state index in [1.54, 1.807) is 4.68 Å². The molecule has 0 N–H and O–H groups in total. The minimum absolute atomic E-state index is 0.0295. The van der Waals surface area contributed by atoms with Gasteiger partial charge in [0.2, 0.25) is 0 Å². The van der Waals surface area contributed by atoms with Gasteiger partial charge in [0.25, 0.3) is 5.91 Å². The van der Waals surface area contributed by atoms with Crippen LogP contribution in [0.1, 0.15) is 47.1 Å². The van der Waals surface area contributed by atoms with Gasteiger partial charge in [-0.1, -0.05) is 18.2 Å². The molecule has 1 aliphatic heterocycles. The highest BCUT2D eigenvalue weighted by Crippen LogP contribution is 2.31. The van der Waals surface area contributed by atoms with E-state index in [-0.39, 0.29) is 11.9 Å². The Balaban J connectivity index is 1.89. The predicted molar refractivity (Wildman–Crippen MR) is 82.2 cm³/mol. The highest BCUT2D eigenvalue weighted by Gasteiger charge is 2.29. The summed E-state index contributed by atoms with van der Waals surface area (Å²) < 4.78 is 1.79. The molecule has 1 aromatic carbocycles. The van der Waals surface area contributed by atoms with Crippen molar-refractivity contribution in [1.82, 2.24) is 14.7 Å². The van der Waals surface area contributed by atoms with Gasteiger partial charge in [-0.25, -0.2) is 0 Å². The summed E-state index contributed by atoms with van der Waals surface area (Å²) in [5.41, 5.74) is 4.53. The average molecular weight is 283 g/mol. The number of fused-ring (bicyclic) bond motifs is 1. The van der Waals surface area contributed by atoms with Gasteiger partial charge < -0.3 is 4.90 Å². The number of rotatable bonds is 2. The van der Waals surface area contributed by atoms with Crippen molar-refractivity contribution < 1.29 is 4.79 Å². The molecule has 1 aliphatic rings. The lowest BCUT2D eigenvalue weighted by Gasteiger charge is -2.35. The quantitative estimate of drug-likeness (QED) is 0.850. The molecule has 0 unspecified atom stereocenters. The summed E-state index contributed by atoms with van der Waals surface area (Å²) in [4.78, 5) is 14.6. The first-order chi connectivity index (χ1) is 10.1. The molecule has 0 saturated heterocycles. The fraction of sp³-hybridized carbons (Fsp3) is 0.412. The van der Waals surface area contributed by atoms with Crippen molar-refractivity contribution in [3.8, 4) is 0 Å². The summed E-state index contributed by atoms with van der Waals surface area (Å²) in [7, 11) is 0. The molecule has 2 heterocycles. The maximum absolute atomic E-state index is 12.7. The molecule has 3 rings (SSSR count). The molecule has 110 valence electrons. The molecule has 0 aliphatic carbocycles. The molecule has 21 heavy (non-hydrogen) atoms. The van der Waals surface area contributed by atoms with Gasteiger partial charge in [-0.2, -0.15) is 5.10 Å². The lowest BCUT2D eigenvalue weighted by molar-refractivity contribution is 0.0670. The van der Waals surface area contributed by atoms with Crippen LogP contribution in [0.15, 0.2) is 30.5 Å². The van der Waals surface area contributed by atoms with E-state index in [9.17, 15) is 4.79 Å². The highest BCUT2D eigenvalue weighted by molar-refractivity contribution is 5.92. The average Bonchev–Trinajstić information content (AvgIpc) is 2.97. The molecule has 4 heteroatoms. The normalized spacial score (nSPS) is 17.7. The molecule has 0 spiro atoms. The van der Waals surface area contributed by atoms with E-state index in [1.165, 1.54) is 16.7 Å². The van der Waals surface area contributed by atoms with Gasteiger partial charge in [0.1, 0.15) is 5.69 Å². The first-order valence-corrected chi connectivity index (χ1v) is 7.54. The second-order valence-electron chi connectivity index (χ2n) is 5.62. The molecule has 0 fully saturated rings. The summed E-state index contributed by atoms with van der Waals surface area (Å²) in [6.45, 7) is 7.81. The first kappa shape index (κ1) is 13.9. The monoisotopic (exact) mass is 283 g/mol. The smallest absolute Gasteiger partial charge is 0.274 e. The van der Waals surface area contributed by atoms with Crippen molar-refractivity contribution in [1.29, 1.82) is 0 Å². The Morgan fingerprint density at radius 3 is 2.90 bits per heavy atom. The highest BCUT2D eigenvalue weighted by atomic mass is 16.2. The number of aromatic nitrogens is 2. The van der Waals surface area contributed by atoms with E-state index in [4.69, 9.17) is 0 Å². The van der Waals surface area contributed by atoms with Gasteiger partial charge in [0.05, 0.1) is 6.04 Å². The van der Waals surface area contributed by atoms with E-state index in [0.717, 1.165) is 19.5 Å². The van der Waals surface area contributed by atoms with Crippen molar-refractivity contribution in [2.75, 3.05) is 6.54 Å². The summed E-state index contributed by atoms with van der Waals surface area (Å²) in [6, 6.07) is 8.27. The van der Waals surface area contributed by atoms with Crippen molar-refractivity contribution in [3.63, 3.8) is 0 Å². The molecular weight excluding hydrogens is 262 g/mol. The standard InChI is InChI=1S/C17H21N3O/c1-4-19-10-9-16(18-19)17(21)20-11-8-14-12(2)6-5-7-15(14)13(20)3/h5-7,9-10,13H,4,8,11H2,1-3H3/t13-/m1/s1. The zero-order chi connectivity index (χ0) is 15.0. The van der Waals surface area contributed by atoms with Crippen molar-refractivity contribution in [3.05, 3.63) is 52.8 Å². The molecule has 1 amide bonds. The lowest BCUT2D eigenvalue weighted by atomic mass is 9.90. The lowest BCUT2D eigenvalue weighted by Crippen LogP contribution is -2.39. The number of carbonyl (C=O) groups excluding carboxylic acids is 1. The van der Waals surface area contributed by atoms with Gasteiger partial charge >= 0.3 is 0 Å². The number of carbonyl (C=O) groups is 1.